The van der Waals surface area contributed by atoms with E-state index in [9.17, 15) is 4.79 Å². The quantitative estimate of drug-likeness (QED) is 0.677. The molecule has 82 valence electrons. The van der Waals surface area contributed by atoms with E-state index in [1.54, 1.807) is 0 Å². The third kappa shape index (κ3) is 2.96. The molecule has 0 spiro atoms. The molecule has 0 aromatic rings. The van der Waals surface area contributed by atoms with E-state index in [2.05, 4.69) is 5.32 Å². The number of amides is 1. The molecule has 1 saturated heterocycles. The van der Waals surface area contributed by atoms with Gasteiger partial charge in [0.2, 0.25) is 5.91 Å². The van der Waals surface area contributed by atoms with Gasteiger partial charge in [0.05, 0.1) is 0 Å². The standard InChI is InChI=1S/C10H20N2O2/c1-7(5-11)6-12-10(13)9-8(2)3-4-14-9/h7-9H,3-6,11H2,1-2H3,(H,12,13). The van der Waals surface area contributed by atoms with Crippen molar-refractivity contribution in [2.24, 2.45) is 17.6 Å². The van der Waals surface area contributed by atoms with Crippen LogP contribution in [0, 0.1) is 11.8 Å². The molecule has 0 aromatic heterocycles. The maximum Gasteiger partial charge on any atom is 0.249 e. The predicted molar refractivity (Wildman–Crippen MR) is 54.7 cm³/mol. The summed E-state index contributed by atoms with van der Waals surface area (Å²) in [5, 5.41) is 2.86. The molecule has 4 heteroatoms. The smallest absolute Gasteiger partial charge is 0.249 e. The van der Waals surface area contributed by atoms with Gasteiger partial charge in [-0.2, -0.15) is 0 Å². The number of carbonyl (C=O) groups excluding carboxylic acids is 1. The van der Waals surface area contributed by atoms with Crippen LogP contribution in [0.4, 0.5) is 0 Å². The van der Waals surface area contributed by atoms with E-state index in [0.717, 1.165) is 6.42 Å². The molecule has 1 aliphatic rings. The van der Waals surface area contributed by atoms with E-state index in [1.165, 1.54) is 0 Å². The molecule has 3 N–H and O–H groups in total. The Morgan fingerprint density at radius 2 is 2.43 bits per heavy atom. The predicted octanol–water partition coefficient (Wildman–Crippen LogP) is 0.122. The van der Waals surface area contributed by atoms with Crippen LogP contribution < -0.4 is 11.1 Å². The third-order valence-corrected chi connectivity index (χ3v) is 2.67. The minimum atomic E-state index is -0.250. The fourth-order valence-corrected chi connectivity index (χ4v) is 1.49. The van der Waals surface area contributed by atoms with Gasteiger partial charge in [0.1, 0.15) is 6.10 Å². The van der Waals surface area contributed by atoms with Crippen LogP contribution in [-0.4, -0.2) is 31.7 Å². The van der Waals surface area contributed by atoms with Crippen LogP contribution in [0.25, 0.3) is 0 Å². The molecule has 0 saturated carbocycles. The Hall–Kier alpha value is -0.610. The molecule has 14 heavy (non-hydrogen) atoms. The minimum Gasteiger partial charge on any atom is -0.368 e. The monoisotopic (exact) mass is 200 g/mol. The number of rotatable bonds is 4. The number of ether oxygens (including phenoxy) is 1. The lowest BCUT2D eigenvalue weighted by Gasteiger charge is -2.16. The molecule has 1 heterocycles. The van der Waals surface area contributed by atoms with Crippen LogP contribution in [0.3, 0.4) is 0 Å². The maximum atomic E-state index is 11.6. The van der Waals surface area contributed by atoms with E-state index < -0.39 is 0 Å². The summed E-state index contributed by atoms with van der Waals surface area (Å²) in [5.74, 6) is 0.675. The van der Waals surface area contributed by atoms with Crippen LogP contribution >= 0.6 is 0 Å². The fourth-order valence-electron chi connectivity index (χ4n) is 1.49. The summed E-state index contributed by atoms with van der Waals surface area (Å²) in [7, 11) is 0. The van der Waals surface area contributed by atoms with Crippen LogP contribution in [-0.2, 0) is 9.53 Å². The topological polar surface area (TPSA) is 64.3 Å². The second kappa shape index (κ2) is 5.32. The largest absolute Gasteiger partial charge is 0.368 e. The van der Waals surface area contributed by atoms with Gasteiger partial charge < -0.3 is 15.8 Å². The molecule has 0 bridgehead atoms. The molecule has 3 atom stereocenters. The minimum absolute atomic E-state index is 0.00954. The first-order valence-corrected chi connectivity index (χ1v) is 5.24. The van der Waals surface area contributed by atoms with Gasteiger partial charge in [0.15, 0.2) is 0 Å². The normalized spacial score (nSPS) is 28.8. The maximum absolute atomic E-state index is 11.6. The van der Waals surface area contributed by atoms with Crippen molar-refractivity contribution < 1.29 is 9.53 Å². The van der Waals surface area contributed by atoms with Crippen LogP contribution in [0.15, 0.2) is 0 Å². The summed E-state index contributed by atoms with van der Waals surface area (Å²) >= 11 is 0. The number of nitrogens with one attached hydrogen (secondary N) is 1. The molecule has 0 aromatic carbocycles. The fraction of sp³-hybridized carbons (Fsp3) is 0.900. The molecule has 0 radical (unpaired) electrons. The van der Waals surface area contributed by atoms with Crippen molar-refractivity contribution in [3.05, 3.63) is 0 Å². The summed E-state index contributed by atoms with van der Waals surface area (Å²) in [6.45, 7) is 6.00. The van der Waals surface area contributed by atoms with Crippen LogP contribution in [0.2, 0.25) is 0 Å². The Kier molecular flexibility index (Phi) is 4.35. The Bertz CT molecular complexity index is 197. The van der Waals surface area contributed by atoms with E-state index in [4.69, 9.17) is 10.5 Å². The SMILES string of the molecule is CC(CN)CNC(=O)C1OCCC1C. The first kappa shape index (κ1) is 11.5. The second-order valence-electron chi connectivity index (χ2n) is 4.14. The third-order valence-electron chi connectivity index (χ3n) is 2.67. The van der Waals surface area contributed by atoms with Crippen molar-refractivity contribution in [1.82, 2.24) is 5.32 Å². The highest BCUT2D eigenvalue weighted by atomic mass is 16.5. The Morgan fingerprint density at radius 3 is 2.93 bits per heavy atom. The molecule has 3 unspecified atom stereocenters. The van der Waals surface area contributed by atoms with Gasteiger partial charge in [-0.3, -0.25) is 4.79 Å². The van der Waals surface area contributed by atoms with E-state index in [-0.39, 0.29) is 12.0 Å². The van der Waals surface area contributed by atoms with E-state index >= 15 is 0 Å². The lowest BCUT2D eigenvalue weighted by molar-refractivity contribution is -0.131. The highest BCUT2D eigenvalue weighted by Crippen LogP contribution is 2.19. The van der Waals surface area contributed by atoms with Gasteiger partial charge in [-0.25, -0.2) is 0 Å². The molecular weight excluding hydrogens is 180 g/mol. The summed E-state index contributed by atoms with van der Waals surface area (Å²) in [6.07, 6.45) is 0.727. The first-order chi connectivity index (χ1) is 6.65. The highest BCUT2D eigenvalue weighted by molar-refractivity contribution is 5.81. The number of hydrogen-bond donors (Lipinski definition) is 2. The summed E-state index contributed by atoms with van der Waals surface area (Å²) < 4.78 is 5.35. The van der Waals surface area contributed by atoms with Crippen molar-refractivity contribution in [1.29, 1.82) is 0 Å². The van der Waals surface area contributed by atoms with Crippen molar-refractivity contribution in [2.75, 3.05) is 19.7 Å². The molecule has 1 rings (SSSR count). The zero-order valence-corrected chi connectivity index (χ0v) is 8.95. The van der Waals surface area contributed by atoms with E-state index in [1.807, 2.05) is 13.8 Å². The average Bonchev–Trinajstić information content (AvgIpc) is 2.60. The van der Waals surface area contributed by atoms with Crippen LogP contribution in [0.5, 0.6) is 0 Å². The van der Waals surface area contributed by atoms with Gasteiger partial charge in [0.25, 0.3) is 0 Å². The van der Waals surface area contributed by atoms with Gasteiger partial charge in [-0.1, -0.05) is 13.8 Å². The number of carbonyl (C=O) groups is 1. The zero-order valence-electron chi connectivity index (χ0n) is 8.95. The molecule has 4 nitrogen and oxygen atoms in total. The van der Waals surface area contributed by atoms with Gasteiger partial charge in [-0.05, 0) is 24.8 Å². The van der Waals surface area contributed by atoms with Crippen molar-refractivity contribution in [3.8, 4) is 0 Å². The second-order valence-corrected chi connectivity index (χ2v) is 4.14. The summed E-state index contributed by atoms with van der Waals surface area (Å²) in [5.41, 5.74) is 5.46. The molecule has 0 aliphatic carbocycles. The number of nitrogens with two attached hydrogens (primary N) is 1. The van der Waals surface area contributed by atoms with Gasteiger partial charge in [-0.15, -0.1) is 0 Å². The molecule has 1 fully saturated rings. The first-order valence-electron chi connectivity index (χ1n) is 5.24. The van der Waals surface area contributed by atoms with Crippen molar-refractivity contribution >= 4 is 5.91 Å². The molecule has 1 amide bonds. The lowest BCUT2D eigenvalue weighted by Crippen LogP contribution is -2.40. The van der Waals surface area contributed by atoms with Gasteiger partial charge in [0, 0.05) is 13.2 Å². The summed E-state index contributed by atoms with van der Waals surface area (Å²) in [6, 6.07) is 0. The number of hydrogen-bond acceptors (Lipinski definition) is 3. The Morgan fingerprint density at radius 1 is 1.71 bits per heavy atom. The molecule has 1 aliphatic heterocycles. The molecular formula is C10H20N2O2. The Labute approximate surface area is 85.2 Å². The summed E-state index contributed by atoms with van der Waals surface area (Å²) in [4.78, 5) is 11.6. The zero-order chi connectivity index (χ0) is 10.6. The highest BCUT2D eigenvalue weighted by Gasteiger charge is 2.30. The van der Waals surface area contributed by atoms with Gasteiger partial charge >= 0.3 is 0 Å². The van der Waals surface area contributed by atoms with Crippen LogP contribution in [0.1, 0.15) is 20.3 Å². The lowest BCUT2D eigenvalue weighted by atomic mass is 10.0. The Balaban J connectivity index is 2.27. The van der Waals surface area contributed by atoms with Crippen molar-refractivity contribution in [3.63, 3.8) is 0 Å². The van der Waals surface area contributed by atoms with Crippen molar-refractivity contribution in [2.45, 2.75) is 26.4 Å². The van der Waals surface area contributed by atoms with E-state index in [0.29, 0.717) is 31.5 Å². The average molecular weight is 200 g/mol.